The molecule has 2 heterocycles. The zero-order valence-electron chi connectivity index (χ0n) is 13.7. The molecule has 1 aliphatic heterocycles. The quantitative estimate of drug-likeness (QED) is 0.756. The van der Waals surface area contributed by atoms with Gasteiger partial charge in [0.25, 0.3) is 5.91 Å². The van der Waals surface area contributed by atoms with E-state index in [0.29, 0.717) is 32.6 Å². The Morgan fingerprint density at radius 2 is 1.88 bits per heavy atom. The number of amides is 2. The Kier molecular flexibility index (Phi) is 6.38. The summed E-state index contributed by atoms with van der Waals surface area (Å²) in [6.45, 7) is 3.22. The maximum atomic E-state index is 12.1. The second-order valence-electron chi connectivity index (χ2n) is 5.64. The molecule has 1 aromatic heterocycles. The number of hydrogen-bond donors (Lipinski definition) is 1. The normalized spacial score (nSPS) is 15.5. The van der Waals surface area contributed by atoms with Gasteiger partial charge in [-0.15, -0.1) is 0 Å². The van der Waals surface area contributed by atoms with Crippen LogP contribution in [-0.4, -0.2) is 68.5 Å². The summed E-state index contributed by atoms with van der Waals surface area (Å²) in [6, 6.07) is 3.25. The third-order valence-electron chi connectivity index (χ3n) is 3.86. The molecule has 2 amide bonds. The molecule has 24 heavy (non-hydrogen) atoms. The minimum atomic E-state index is -3.41. The predicted molar refractivity (Wildman–Crippen MR) is 87.9 cm³/mol. The Labute approximate surface area is 141 Å². The third-order valence-corrected chi connectivity index (χ3v) is 5.27. The van der Waals surface area contributed by atoms with Crippen LogP contribution >= 0.6 is 0 Å². The van der Waals surface area contributed by atoms with Crippen LogP contribution in [0.15, 0.2) is 22.8 Å². The summed E-state index contributed by atoms with van der Waals surface area (Å²) >= 11 is 0. The highest BCUT2D eigenvalue weighted by molar-refractivity contribution is 7.89. The fraction of sp³-hybridized carbons (Fsp3) is 0.600. The van der Waals surface area contributed by atoms with E-state index in [1.54, 1.807) is 21.9 Å². The van der Waals surface area contributed by atoms with Crippen LogP contribution in [0.1, 0.15) is 30.3 Å². The number of nitrogens with zero attached hydrogens (tertiary/aromatic N) is 2. The van der Waals surface area contributed by atoms with Gasteiger partial charge in [0.15, 0.2) is 5.76 Å². The Balaban J connectivity index is 1.77. The summed E-state index contributed by atoms with van der Waals surface area (Å²) in [5, 5.41) is 0. The number of hydrogen-bond acceptors (Lipinski definition) is 5. The van der Waals surface area contributed by atoms with Crippen LogP contribution in [0.5, 0.6) is 0 Å². The molecule has 0 aromatic carbocycles. The Morgan fingerprint density at radius 1 is 1.21 bits per heavy atom. The molecule has 0 unspecified atom stereocenters. The fourth-order valence-electron chi connectivity index (χ4n) is 2.41. The largest absolute Gasteiger partial charge is 0.459 e. The van der Waals surface area contributed by atoms with E-state index in [2.05, 4.69) is 4.72 Å². The number of carbonyl (C=O) groups excluding carboxylic acids is 2. The molecule has 1 aliphatic rings. The highest BCUT2D eigenvalue weighted by Gasteiger charge is 2.26. The SMILES string of the molecule is CCCCS(=O)(=O)NCC(=O)N1CCN(C(=O)c2ccco2)CC1. The molecule has 8 nitrogen and oxygen atoms in total. The fourth-order valence-corrected chi connectivity index (χ4v) is 3.56. The molecular formula is C15H23N3O5S. The van der Waals surface area contributed by atoms with Gasteiger partial charge in [0.1, 0.15) is 0 Å². The van der Waals surface area contributed by atoms with Gasteiger partial charge in [-0.05, 0) is 18.6 Å². The minimum absolute atomic E-state index is 0.0300. The number of furan rings is 1. The lowest BCUT2D eigenvalue weighted by molar-refractivity contribution is -0.131. The third kappa shape index (κ3) is 5.07. The molecule has 0 bridgehead atoms. The molecule has 0 atom stereocenters. The van der Waals surface area contributed by atoms with E-state index in [-0.39, 0.29) is 29.9 Å². The smallest absolute Gasteiger partial charge is 0.289 e. The van der Waals surface area contributed by atoms with Crippen LogP contribution in [0.3, 0.4) is 0 Å². The Hall–Kier alpha value is -1.87. The standard InChI is InChI=1S/C15H23N3O5S/c1-2-3-11-24(21,22)16-12-14(19)17-6-8-18(9-7-17)15(20)13-5-4-10-23-13/h4-5,10,16H,2-3,6-9,11-12H2,1H3. The summed E-state index contributed by atoms with van der Waals surface area (Å²) in [5.41, 5.74) is 0. The first-order valence-corrected chi connectivity index (χ1v) is 9.66. The lowest BCUT2D eigenvalue weighted by Gasteiger charge is -2.34. The maximum Gasteiger partial charge on any atom is 0.289 e. The zero-order valence-corrected chi connectivity index (χ0v) is 14.5. The van der Waals surface area contributed by atoms with Crippen LogP contribution in [0.25, 0.3) is 0 Å². The lowest BCUT2D eigenvalue weighted by atomic mass is 10.3. The molecule has 0 radical (unpaired) electrons. The van der Waals surface area contributed by atoms with Gasteiger partial charge in [-0.3, -0.25) is 9.59 Å². The van der Waals surface area contributed by atoms with Gasteiger partial charge in [0.2, 0.25) is 15.9 Å². The predicted octanol–water partition coefficient (Wildman–Crippen LogP) is 0.284. The molecule has 0 aliphatic carbocycles. The van der Waals surface area contributed by atoms with Gasteiger partial charge in [-0.1, -0.05) is 13.3 Å². The average Bonchev–Trinajstić information content (AvgIpc) is 3.12. The van der Waals surface area contributed by atoms with E-state index in [0.717, 1.165) is 6.42 Å². The summed E-state index contributed by atoms with van der Waals surface area (Å²) in [4.78, 5) is 27.4. The van der Waals surface area contributed by atoms with Crippen molar-refractivity contribution in [3.63, 3.8) is 0 Å². The van der Waals surface area contributed by atoms with Crippen molar-refractivity contribution < 1.29 is 22.4 Å². The van der Waals surface area contributed by atoms with Crippen molar-refractivity contribution in [2.24, 2.45) is 0 Å². The van der Waals surface area contributed by atoms with Gasteiger partial charge in [-0.2, -0.15) is 0 Å². The van der Waals surface area contributed by atoms with Crippen LogP contribution in [0.4, 0.5) is 0 Å². The first kappa shape index (κ1) is 18.5. The second-order valence-corrected chi connectivity index (χ2v) is 7.57. The molecular weight excluding hydrogens is 334 g/mol. The first-order valence-electron chi connectivity index (χ1n) is 8.01. The van der Waals surface area contributed by atoms with Crippen molar-refractivity contribution in [3.05, 3.63) is 24.2 Å². The molecule has 1 fully saturated rings. The van der Waals surface area contributed by atoms with Crippen LogP contribution < -0.4 is 4.72 Å². The molecule has 1 saturated heterocycles. The summed E-state index contributed by atoms with van der Waals surface area (Å²) in [7, 11) is -3.41. The Morgan fingerprint density at radius 3 is 2.46 bits per heavy atom. The molecule has 9 heteroatoms. The maximum absolute atomic E-state index is 12.1. The van der Waals surface area contributed by atoms with E-state index in [1.165, 1.54) is 6.26 Å². The molecule has 1 aromatic rings. The number of unbranched alkanes of at least 4 members (excludes halogenated alkanes) is 1. The molecule has 1 N–H and O–H groups in total. The number of carbonyl (C=O) groups is 2. The second kappa shape index (κ2) is 8.29. The van der Waals surface area contributed by atoms with Gasteiger partial charge < -0.3 is 14.2 Å². The first-order chi connectivity index (χ1) is 11.4. The van der Waals surface area contributed by atoms with Gasteiger partial charge in [0.05, 0.1) is 18.6 Å². The zero-order chi connectivity index (χ0) is 17.6. The molecule has 2 rings (SSSR count). The number of piperazine rings is 1. The van der Waals surface area contributed by atoms with Crippen molar-refractivity contribution in [3.8, 4) is 0 Å². The van der Waals surface area contributed by atoms with E-state index in [1.807, 2.05) is 6.92 Å². The van der Waals surface area contributed by atoms with Crippen LogP contribution in [0, 0.1) is 0 Å². The lowest BCUT2D eigenvalue weighted by Crippen LogP contribution is -2.52. The highest BCUT2D eigenvalue weighted by atomic mass is 32.2. The van der Waals surface area contributed by atoms with Gasteiger partial charge in [0, 0.05) is 26.2 Å². The van der Waals surface area contributed by atoms with Crippen molar-refractivity contribution >= 4 is 21.8 Å². The van der Waals surface area contributed by atoms with E-state index in [4.69, 9.17) is 4.42 Å². The number of sulfonamides is 1. The molecule has 0 spiro atoms. The van der Waals surface area contributed by atoms with Crippen molar-refractivity contribution in [2.75, 3.05) is 38.5 Å². The molecule has 134 valence electrons. The van der Waals surface area contributed by atoms with Gasteiger partial charge >= 0.3 is 0 Å². The van der Waals surface area contributed by atoms with E-state index >= 15 is 0 Å². The topological polar surface area (TPSA) is 99.9 Å². The van der Waals surface area contributed by atoms with Crippen LogP contribution in [-0.2, 0) is 14.8 Å². The highest BCUT2D eigenvalue weighted by Crippen LogP contribution is 2.09. The summed E-state index contributed by atoms with van der Waals surface area (Å²) in [6.07, 6.45) is 2.79. The van der Waals surface area contributed by atoms with E-state index < -0.39 is 10.0 Å². The van der Waals surface area contributed by atoms with E-state index in [9.17, 15) is 18.0 Å². The van der Waals surface area contributed by atoms with Crippen molar-refractivity contribution in [1.82, 2.24) is 14.5 Å². The summed E-state index contributed by atoms with van der Waals surface area (Å²) < 4.78 is 30.8. The molecule has 0 saturated carbocycles. The summed E-state index contributed by atoms with van der Waals surface area (Å²) in [5.74, 6) is -0.173. The number of nitrogens with one attached hydrogen (secondary N) is 1. The average molecular weight is 357 g/mol. The number of rotatable bonds is 7. The monoisotopic (exact) mass is 357 g/mol. The van der Waals surface area contributed by atoms with Gasteiger partial charge in [-0.25, -0.2) is 13.1 Å². The van der Waals surface area contributed by atoms with Crippen molar-refractivity contribution in [1.29, 1.82) is 0 Å². The minimum Gasteiger partial charge on any atom is -0.459 e. The Bertz CT molecular complexity index is 649. The van der Waals surface area contributed by atoms with Crippen molar-refractivity contribution in [2.45, 2.75) is 19.8 Å². The van der Waals surface area contributed by atoms with Crippen LogP contribution in [0.2, 0.25) is 0 Å².